The van der Waals surface area contributed by atoms with Gasteiger partial charge in [0, 0.05) is 23.7 Å². The van der Waals surface area contributed by atoms with Gasteiger partial charge in [-0.1, -0.05) is 78.4 Å². The molecule has 0 radical (unpaired) electrons. The molecule has 0 bridgehead atoms. The predicted octanol–water partition coefficient (Wildman–Crippen LogP) is 7.92. The predicted molar refractivity (Wildman–Crippen MR) is 125 cm³/mol. The van der Waals surface area contributed by atoms with E-state index in [1.165, 1.54) is 38.5 Å². The van der Waals surface area contributed by atoms with Gasteiger partial charge in [-0.05, 0) is 42.0 Å². The summed E-state index contributed by atoms with van der Waals surface area (Å²) in [4.78, 5) is 4.49. The molecule has 1 aromatic heterocycles. The molecule has 32 heavy (non-hydrogen) atoms. The van der Waals surface area contributed by atoms with Crippen LogP contribution in [0, 0.1) is 11.3 Å². The van der Waals surface area contributed by atoms with Crippen molar-refractivity contribution in [3.8, 4) is 11.5 Å². The molecule has 1 N–H and O–H groups in total. The summed E-state index contributed by atoms with van der Waals surface area (Å²) in [6.07, 6.45) is 6.71. The van der Waals surface area contributed by atoms with Crippen LogP contribution in [0.3, 0.4) is 0 Å². The number of aromatic nitrogens is 1. The monoisotopic (exact) mass is 446 g/mol. The molecule has 3 atom stereocenters. The molecule has 1 aliphatic heterocycles. The SMILES string of the molecule is C=N.CC1c2ncccc2C(c2ccc3c(c2)OC(F)(F)O3)C1C.CCCCCCCC. The topological polar surface area (TPSA) is 55.2 Å². The van der Waals surface area contributed by atoms with Crippen LogP contribution in [-0.2, 0) is 0 Å². The molecule has 2 aromatic rings. The molecule has 2 aliphatic rings. The first kappa shape index (κ1) is 25.8. The summed E-state index contributed by atoms with van der Waals surface area (Å²) in [6.45, 7) is 11.3. The Morgan fingerprint density at radius 3 is 2.22 bits per heavy atom. The first-order valence-electron chi connectivity index (χ1n) is 11.6. The number of nitrogens with zero attached hydrogens (tertiary/aromatic N) is 1. The second-order valence-corrected chi connectivity index (χ2v) is 8.39. The summed E-state index contributed by atoms with van der Waals surface area (Å²) < 4.78 is 35.4. The fourth-order valence-corrected chi connectivity index (χ4v) is 4.39. The lowest BCUT2D eigenvalue weighted by Crippen LogP contribution is -2.25. The molecule has 6 heteroatoms. The highest BCUT2D eigenvalue weighted by atomic mass is 19.3. The van der Waals surface area contributed by atoms with E-state index in [0.717, 1.165) is 16.8 Å². The fourth-order valence-electron chi connectivity index (χ4n) is 4.39. The number of alkyl halides is 2. The number of hydrogen-bond donors (Lipinski definition) is 1. The highest BCUT2D eigenvalue weighted by molar-refractivity contribution is 5.50. The standard InChI is InChI=1S/C17H15F2NO2.C8H18.CH3N/c1-9-10(2)16-12(4-3-7-20-16)15(9)11-5-6-13-14(8-11)22-17(18,19)21-13;1-3-5-7-8-6-4-2;1-2/h3-10,15H,1-2H3;3-8H2,1-2H3;2H,1H2. The van der Waals surface area contributed by atoms with E-state index in [1.54, 1.807) is 18.3 Å². The van der Waals surface area contributed by atoms with E-state index in [0.29, 0.717) is 11.8 Å². The highest BCUT2D eigenvalue weighted by Gasteiger charge is 2.44. The van der Waals surface area contributed by atoms with Crippen molar-refractivity contribution in [1.29, 1.82) is 5.41 Å². The number of halogens is 2. The van der Waals surface area contributed by atoms with Crippen molar-refractivity contribution in [2.45, 2.75) is 84.4 Å². The average molecular weight is 447 g/mol. The van der Waals surface area contributed by atoms with Crippen molar-refractivity contribution >= 4 is 6.72 Å². The van der Waals surface area contributed by atoms with Gasteiger partial charge in [0.15, 0.2) is 11.5 Å². The van der Waals surface area contributed by atoms with Gasteiger partial charge >= 0.3 is 6.29 Å². The number of nitrogens with one attached hydrogen (secondary N) is 1. The first-order valence-corrected chi connectivity index (χ1v) is 11.6. The molecule has 0 fully saturated rings. The molecule has 1 aromatic carbocycles. The second-order valence-electron chi connectivity index (χ2n) is 8.39. The Kier molecular flexibility index (Phi) is 9.60. The van der Waals surface area contributed by atoms with Crippen molar-refractivity contribution in [3.63, 3.8) is 0 Å². The van der Waals surface area contributed by atoms with Crippen LogP contribution in [0.25, 0.3) is 0 Å². The Morgan fingerprint density at radius 2 is 1.59 bits per heavy atom. The molecule has 1 aliphatic carbocycles. The van der Waals surface area contributed by atoms with Crippen molar-refractivity contribution in [2.75, 3.05) is 0 Å². The largest absolute Gasteiger partial charge is 0.586 e. The van der Waals surface area contributed by atoms with E-state index in [2.05, 4.69) is 54.9 Å². The van der Waals surface area contributed by atoms with Crippen molar-refractivity contribution in [2.24, 2.45) is 5.92 Å². The Hall–Kier alpha value is -2.50. The number of pyridine rings is 1. The van der Waals surface area contributed by atoms with E-state index < -0.39 is 6.29 Å². The summed E-state index contributed by atoms with van der Waals surface area (Å²) in [7, 11) is 0. The van der Waals surface area contributed by atoms with Crippen LogP contribution >= 0.6 is 0 Å². The summed E-state index contributed by atoms with van der Waals surface area (Å²) in [6, 6.07) is 9.02. The summed E-state index contributed by atoms with van der Waals surface area (Å²) >= 11 is 0. The van der Waals surface area contributed by atoms with E-state index in [1.807, 2.05) is 12.1 Å². The van der Waals surface area contributed by atoms with Gasteiger partial charge < -0.3 is 14.9 Å². The van der Waals surface area contributed by atoms with Gasteiger partial charge in [0.2, 0.25) is 0 Å². The molecule has 176 valence electrons. The average Bonchev–Trinajstić information content (AvgIpc) is 3.24. The third-order valence-corrected chi connectivity index (χ3v) is 6.19. The Balaban J connectivity index is 0.000000311. The van der Waals surface area contributed by atoms with E-state index in [-0.39, 0.29) is 17.4 Å². The molecule has 0 saturated carbocycles. The van der Waals surface area contributed by atoms with Crippen molar-refractivity contribution in [1.82, 2.24) is 4.98 Å². The summed E-state index contributed by atoms with van der Waals surface area (Å²) in [5.41, 5.74) is 3.20. The van der Waals surface area contributed by atoms with E-state index >= 15 is 0 Å². The molecular weight excluding hydrogens is 410 g/mol. The Bertz CT molecular complexity index is 853. The van der Waals surface area contributed by atoms with Gasteiger partial charge in [-0.2, -0.15) is 0 Å². The number of unbranched alkanes of at least 4 members (excludes halogenated alkanes) is 5. The summed E-state index contributed by atoms with van der Waals surface area (Å²) in [5.74, 6) is 0.971. The number of rotatable bonds is 6. The zero-order valence-electron chi connectivity index (χ0n) is 19.7. The quantitative estimate of drug-likeness (QED) is 0.362. The maximum Gasteiger partial charge on any atom is 0.586 e. The molecule has 0 amide bonds. The first-order chi connectivity index (χ1) is 15.4. The van der Waals surface area contributed by atoms with Gasteiger partial charge in [0.25, 0.3) is 0 Å². The second kappa shape index (κ2) is 11.9. The zero-order valence-corrected chi connectivity index (χ0v) is 19.7. The molecule has 0 spiro atoms. The van der Waals surface area contributed by atoms with Gasteiger partial charge in [-0.25, -0.2) is 0 Å². The number of hydrogen-bond acceptors (Lipinski definition) is 4. The highest BCUT2D eigenvalue weighted by Crippen LogP contribution is 2.50. The van der Waals surface area contributed by atoms with Crippen molar-refractivity contribution in [3.05, 3.63) is 53.3 Å². The Labute approximate surface area is 190 Å². The molecule has 4 rings (SSSR count). The molecule has 2 heterocycles. The van der Waals surface area contributed by atoms with Crippen LogP contribution in [0.2, 0.25) is 0 Å². The van der Waals surface area contributed by atoms with Crippen LogP contribution in [0.1, 0.15) is 94.9 Å². The number of benzene rings is 1. The molecule has 4 nitrogen and oxygen atoms in total. The van der Waals surface area contributed by atoms with Crippen molar-refractivity contribution < 1.29 is 18.3 Å². The number of ether oxygens (including phenoxy) is 2. The van der Waals surface area contributed by atoms with Gasteiger partial charge in [-0.3, -0.25) is 4.98 Å². The van der Waals surface area contributed by atoms with E-state index in [9.17, 15) is 8.78 Å². The summed E-state index contributed by atoms with van der Waals surface area (Å²) in [5, 5.41) is 5.50. The van der Waals surface area contributed by atoms with Crippen LogP contribution in [0.15, 0.2) is 36.5 Å². The van der Waals surface area contributed by atoms with E-state index in [4.69, 9.17) is 5.41 Å². The van der Waals surface area contributed by atoms with Crippen LogP contribution < -0.4 is 9.47 Å². The van der Waals surface area contributed by atoms with Gasteiger partial charge in [0.1, 0.15) is 0 Å². The lowest BCUT2D eigenvalue weighted by Gasteiger charge is -2.19. The van der Waals surface area contributed by atoms with Gasteiger partial charge in [-0.15, -0.1) is 8.78 Å². The maximum absolute atomic E-state index is 13.2. The minimum Gasteiger partial charge on any atom is -0.395 e. The van der Waals surface area contributed by atoms with Gasteiger partial charge in [0.05, 0.1) is 0 Å². The lowest BCUT2D eigenvalue weighted by atomic mass is 9.84. The fraction of sp³-hybridized carbons (Fsp3) is 0.538. The minimum absolute atomic E-state index is 0.0823. The Morgan fingerprint density at radius 1 is 0.969 bits per heavy atom. The maximum atomic E-state index is 13.2. The third kappa shape index (κ3) is 6.05. The molecular formula is C26H36F2N2O2. The van der Waals surface area contributed by atoms with Crippen LogP contribution in [0.4, 0.5) is 8.78 Å². The number of fused-ring (bicyclic) bond motifs is 2. The normalized spacial score (nSPS) is 21.6. The molecule has 3 unspecified atom stereocenters. The third-order valence-electron chi connectivity index (χ3n) is 6.19. The lowest BCUT2D eigenvalue weighted by molar-refractivity contribution is -0.286. The minimum atomic E-state index is -3.57. The molecule has 0 saturated heterocycles. The van der Waals surface area contributed by atoms with Crippen LogP contribution in [0.5, 0.6) is 11.5 Å². The smallest absolute Gasteiger partial charge is 0.395 e. The zero-order chi connectivity index (χ0) is 23.7. The van der Waals surface area contributed by atoms with Crippen LogP contribution in [-0.4, -0.2) is 18.0 Å².